The molecule has 0 saturated carbocycles. The van der Waals surface area contributed by atoms with Crippen molar-refractivity contribution >= 4 is 74.9 Å². The minimum atomic E-state index is -0.436. The first-order valence-corrected chi connectivity index (χ1v) is 13.3. The molecule has 0 N–H and O–H groups in total. The number of carbonyl (C=O) groups is 1. The molecule has 1 aliphatic heterocycles. The van der Waals surface area contributed by atoms with Gasteiger partial charge < -0.3 is 9.64 Å². The van der Waals surface area contributed by atoms with Crippen molar-refractivity contribution < 1.29 is 13.9 Å². The van der Waals surface area contributed by atoms with Crippen molar-refractivity contribution in [3.05, 3.63) is 92.6 Å². The first kappa shape index (κ1) is 26.5. The van der Waals surface area contributed by atoms with Crippen molar-refractivity contribution in [2.45, 2.75) is 20.5 Å². The Hall–Kier alpha value is -2.58. The van der Waals surface area contributed by atoms with Gasteiger partial charge in [-0.1, -0.05) is 59.3 Å². The van der Waals surface area contributed by atoms with E-state index < -0.39 is 5.82 Å². The van der Waals surface area contributed by atoms with Crippen molar-refractivity contribution in [1.29, 1.82) is 0 Å². The smallest absolute Gasteiger partial charge is 0.270 e. The van der Waals surface area contributed by atoms with E-state index in [1.807, 2.05) is 24.3 Å². The zero-order valence-electron chi connectivity index (χ0n) is 19.6. The molecule has 1 saturated heterocycles. The highest BCUT2D eigenvalue weighted by Gasteiger charge is 2.33. The van der Waals surface area contributed by atoms with Gasteiger partial charge in [-0.05, 0) is 62.4 Å². The number of hydrogen-bond acceptors (Lipinski definition) is 5. The minimum absolute atomic E-state index is 0.225. The van der Waals surface area contributed by atoms with Crippen LogP contribution in [-0.4, -0.2) is 23.3 Å². The molecule has 0 atom stereocenters. The summed E-state index contributed by atoms with van der Waals surface area (Å²) in [5, 5.41) is 1.06. The summed E-state index contributed by atoms with van der Waals surface area (Å²) < 4.78 is 20.3. The first-order valence-electron chi connectivity index (χ1n) is 11.3. The van der Waals surface area contributed by atoms with Crippen LogP contribution in [0.25, 0.3) is 6.08 Å². The zero-order chi connectivity index (χ0) is 25.8. The fourth-order valence-corrected chi connectivity index (χ4v) is 5.55. The number of hydrogen-bond donors (Lipinski definition) is 0. The van der Waals surface area contributed by atoms with Crippen molar-refractivity contribution in [3.63, 3.8) is 0 Å². The van der Waals surface area contributed by atoms with Gasteiger partial charge in [-0.15, -0.1) is 0 Å². The van der Waals surface area contributed by atoms with E-state index in [1.54, 1.807) is 30.3 Å². The number of rotatable bonds is 8. The summed E-state index contributed by atoms with van der Waals surface area (Å²) in [5.41, 5.74) is 2.90. The molecular formula is C27H23Cl2FN2O2S2. The molecule has 0 radical (unpaired) electrons. The maximum Gasteiger partial charge on any atom is 0.270 e. The van der Waals surface area contributed by atoms with Gasteiger partial charge in [0.1, 0.15) is 18.2 Å². The molecule has 186 valence electrons. The van der Waals surface area contributed by atoms with Crippen LogP contribution in [0, 0.1) is 5.82 Å². The molecule has 3 aromatic rings. The van der Waals surface area contributed by atoms with Crippen LogP contribution in [0.4, 0.5) is 15.8 Å². The molecule has 1 fully saturated rings. The fourth-order valence-electron chi connectivity index (χ4n) is 3.79. The van der Waals surface area contributed by atoms with Crippen molar-refractivity contribution in [1.82, 2.24) is 0 Å². The number of halogens is 3. The Morgan fingerprint density at radius 3 is 2.56 bits per heavy atom. The number of thiocarbonyl (C=S) groups is 1. The molecular weight excluding hydrogens is 538 g/mol. The summed E-state index contributed by atoms with van der Waals surface area (Å²) in [5.74, 6) is -0.148. The summed E-state index contributed by atoms with van der Waals surface area (Å²) in [7, 11) is 0. The Labute approximate surface area is 229 Å². The van der Waals surface area contributed by atoms with Crippen molar-refractivity contribution in [3.8, 4) is 5.75 Å². The summed E-state index contributed by atoms with van der Waals surface area (Å²) >= 11 is 19.0. The second-order valence-corrected chi connectivity index (χ2v) is 10.4. The molecule has 4 nitrogen and oxygen atoms in total. The molecule has 9 heteroatoms. The molecule has 0 aliphatic carbocycles. The highest BCUT2D eigenvalue weighted by Crippen LogP contribution is 2.38. The van der Waals surface area contributed by atoms with Gasteiger partial charge in [0.2, 0.25) is 0 Å². The van der Waals surface area contributed by atoms with Crippen LogP contribution in [0.5, 0.6) is 5.75 Å². The minimum Gasteiger partial charge on any atom is -0.488 e. The van der Waals surface area contributed by atoms with Crippen LogP contribution < -0.4 is 14.5 Å². The SMILES string of the molecule is CCN(CC)c1ccc(/C=C2\SC(=S)N(c3cccc(F)c3)C2=O)c(OCc2ccc(Cl)cc2Cl)c1. The van der Waals surface area contributed by atoms with Gasteiger partial charge >= 0.3 is 0 Å². The first-order chi connectivity index (χ1) is 17.3. The van der Waals surface area contributed by atoms with E-state index in [0.717, 1.165) is 29.9 Å². The van der Waals surface area contributed by atoms with Crippen LogP contribution in [0.1, 0.15) is 25.0 Å². The van der Waals surface area contributed by atoms with Crippen molar-refractivity contribution in [2.24, 2.45) is 0 Å². The van der Waals surface area contributed by atoms with Crippen LogP contribution in [0.3, 0.4) is 0 Å². The summed E-state index contributed by atoms with van der Waals surface area (Å²) in [6.07, 6.45) is 1.75. The Kier molecular flexibility index (Phi) is 8.57. The molecule has 36 heavy (non-hydrogen) atoms. The predicted octanol–water partition coefficient (Wildman–Crippen LogP) is 7.96. The summed E-state index contributed by atoms with van der Waals surface area (Å²) in [4.78, 5) is 17.2. The van der Waals surface area contributed by atoms with Gasteiger partial charge in [0.05, 0.1) is 10.6 Å². The topological polar surface area (TPSA) is 32.8 Å². The van der Waals surface area contributed by atoms with Gasteiger partial charge in [0, 0.05) is 46.0 Å². The van der Waals surface area contributed by atoms with Crippen molar-refractivity contribution in [2.75, 3.05) is 22.9 Å². The van der Waals surface area contributed by atoms with Crippen LogP contribution in [0.2, 0.25) is 10.0 Å². The molecule has 1 heterocycles. The molecule has 0 spiro atoms. The summed E-state index contributed by atoms with van der Waals surface area (Å²) in [6, 6.07) is 16.9. The van der Waals surface area contributed by atoms with Gasteiger partial charge in [-0.3, -0.25) is 9.69 Å². The third-order valence-electron chi connectivity index (χ3n) is 5.67. The second-order valence-electron chi connectivity index (χ2n) is 7.92. The Morgan fingerprint density at radius 2 is 1.86 bits per heavy atom. The normalized spacial score (nSPS) is 14.6. The van der Waals surface area contributed by atoms with E-state index in [2.05, 4.69) is 18.7 Å². The van der Waals surface area contributed by atoms with Crippen LogP contribution >= 0.6 is 47.2 Å². The lowest BCUT2D eigenvalue weighted by Crippen LogP contribution is -2.27. The third-order valence-corrected chi connectivity index (χ3v) is 7.56. The number of nitrogens with zero attached hydrogens (tertiary/aromatic N) is 2. The maximum absolute atomic E-state index is 13.8. The lowest BCUT2D eigenvalue weighted by molar-refractivity contribution is -0.113. The van der Waals surface area contributed by atoms with Gasteiger partial charge in [-0.2, -0.15) is 0 Å². The van der Waals surface area contributed by atoms with Gasteiger partial charge in [0.15, 0.2) is 4.32 Å². The largest absolute Gasteiger partial charge is 0.488 e. The van der Waals surface area contributed by atoms with E-state index in [9.17, 15) is 9.18 Å². The Bertz CT molecular complexity index is 1350. The maximum atomic E-state index is 13.8. The number of amides is 1. The molecule has 3 aromatic carbocycles. The molecule has 0 unspecified atom stereocenters. The lowest BCUT2D eigenvalue weighted by Gasteiger charge is -2.22. The van der Waals surface area contributed by atoms with E-state index >= 15 is 0 Å². The average molecular weight is 562 g/mol. The molecule has 1 amide bonds. The quantitative estimate of drug-likeness (QED) is 0.206. The number of anilines is 2. The van der Waals surface area contributed by atoms with Crippen LogP contribution in [-0.2, 0) is 11.4 Å². The molecule has 0 aromatic heterocycles. The lowest BCUT2D eigenvalue weighted by atomic mass is 10.1. The monoisotopic (exact) mass is 560 g/mol. The van der Waals surface area contributed by atoms with E-state index in [-0.39, 0.29) is 12.5 Å². The van der Waals surface area contributed by atoms with Gasteiger partial charge in [-0.25, -0.2) is 4.39 Å². The fraction of sp³-hybridized carbons (Fsp3) is 0.185. The number of ether oxygens (including phenoxy) is 1. The van der Waals surface area contributed by atoms with E-state index in [1.165, 1.54) is 28.8 Å². The molecule has 4 rings (SSSR count). The average Bonchev–Trinajstić information content (AvgIpc) is 3.13. The van der Waals surface area contributed by atoms with Gasteiger partial charge in [0.25, 0.3) is 5.91 Å². The Balaban J connectivity index is 1.68. The standard InChI is InChI=1S/C27H23Cl2FN2O2S2/c1-3-31(4-2)21-11-9-17(24(15-21)34-16-18-8-10-19(28)13-23(18)29)12-25-26(33)32(27(35)36-25)22-7-5-6-20(30)14-22/h5-15H,3-4,16H2,1-2H3/b25-12-. The summed E-state index contributed by atoms with van der Waals surface area (Å²) in [6.45, 7) is 6.07. The Morgan fingerprint density at radius 1 is 1.08 bits per heavy atom. The second kappa shape index (κ2) is 11.6. The third kappa shape index (κ3) is 5.86. The molecule has 0 bridgehead atoms. The number of carbonyl (C=O) groups excluding carboxylic acids is 1. The highest BCUT2D eigenvalue weighted by atomic mass is 35.5. The zero-order valence-corrected chi connectivity index (χ0v) is 22.8. The van der Waals surface area contributed by atoms with E-state index in [4.69, 9.17) is 40.2 Å². The number of benzene rings is 3. The van der Waals surface area contributed by atoms with E-state index in [0.29, 0.717) is 30.7 Å². The molecule has 1 aliphatic rings. The predicted molar refractivity (Wildman–Crippen MR) is 153 cm³/mol. The van der Waals surface area contributed by atoms with Crippen LogP contribution in [0.15, 0.2) is 65.6 Å². The highest BCUT2D eigenvalue weighted by molar-refractivity contribution is 8.27. The number of thioether (sulfide) groups is 1.